The molecule has 12 heteroatoms. The van der Waals surface area contributed by atoms with Crippen LogP contribution in [0.5, 0.6) is 5.88 Å². The third kappa shape index (κ3) is 5.18. The van der Waals surface area contributed by atoms with E-state index in [2.05, 4.69) is 56.9 Å². The second-order valence-electron chi connectivity index (χ2n) is 9.88. The molecule has 7 N–H and O–H groups in total. The lowest BCUT2D eigenvalue weighted by molar-refractivity contribution is 0.454. The molecule has 2 atom stereocenters. The number of aromatic nitrogens is 4. The Morgan fingerprint density at radius 2 is 2.08 bits per heavy atom. The third-order valence-electron chi connectivity index (χ3n) is 6.80. The summed E-state index contributed by atoms with van der Waals surface area (Å²) in [5.74, 6) is 0.381. The van der Waals surface area contributed by atoms with Crippen molar-refractivity contribution >= 4 is 23.4 Å². The fourth-order valence-corrected chi connectivity index (χ4v) is 5.92. The highest BCUT2D eigenvalue weighted by Crippen LogP contribution is 2.36. The first-order valence-corrected chi connectivity index (χ1v) is 13.9. The Hall–Kier alpha value is -4.00. The van der Waals surface area contributed by atoms with E-state index < -0.39 is 12.0 Å². The second kappa shape index (κ2) is 10.3. The summed E-state index contributed by atoms with van der Waals surface area (Å²) in [5, 5.41) is 22.1. The van der Waals surface area contributed by atoms with Crippen molar-refractivity contribution in [1.82, 2.24) is 30.4 Å². The Bertz CT molecular complexity index is 1720. The summed E-state index contributed by atoms with van der Waals surface area (Å²) in [6, 6.07) is 11.0. The van der Waals surface area contributed by atoms with Crippen LogP contribution in [0, 0.1) is 0 Å². The molecule has 0 amide bonds. The molecule has 0 bridgehead atoms. The van der Waals surface area contributed by atoms with E-state index in [9.17, 15) is 9.90 Å². The van der Waals surface area contributed by atoms with Crippen molar-refractivity contribution < 1.29 is 5.11 Å². The van der Waals surface area contributed by atoms with Crippen LogP contribution in [-0.4, -0.2) is 43.1 Å². The maximum absolute atomic E-state index is 11.6. The molecule has 1 fully saturated rings. The van der Waals surface area contributed by atoms with Gasteiger partial charge in [-0.25, -0.2) is 14.8 Å². The van der Waals surface area contributed by atoms with Gasteiger partial charge in [-0.1, -0.05) is 31.2 Å². The number of H-pyrrole nitrogens is 2. The minimum absolute atomic E-state index is 0.00128. The standard InChI is InChI=1S/C27H31N9O2S/c1-3-15-11-21(39-22(15)14(2)28)19-7-5-4-6-16(19)12-29-25-33-23-17(10-20-24(37)34-27(38)32-20)13-30-36(23)26(35-25)31-18-8-9-18/h4-7,10-11,13-14,18,25,29,37H,3,8-9,12,28H2,1-2H3,(H,31,35)(H2,32,34,38). The summed E-state index contributed by atoms with van der Waals surface area (Å²) < 4.78 is 1.66. The summed E-state index contributed by atoms with van der Waals surface area (Å²) in [4.78, 5) is 28.6. The number of fused-ring (bicyclic) bond motifs is 1. The maximum atomic E-state index is 11.6. The number of nitrogens with zero attached hydrogens (tertiary/aromatic N) is 4. The van der Waals surface area contributed by atoms with Gasteiger partial charge in [-0.3, -0.25) is 10.3 Å². The number of aromatic amines is 2. The van der Waals surface area contributed by atoms with Crippen LogP contribution < -0.4 is 32.8 Å². The average molecular weight is 546 g/mol. The Morgan fingerprint density at radius 3 is 2.77 bits per heavy atom. The second-order valence-corrected chi connectivity index (χ2v) is 11.0. The molecule has 39 heavy (non-hydrogen) atoms. The molecule has 0 saturated heterocycles. The van der Waals surface area contributed by atoms with Gasteiger partial charge in [0, 0.05) is 33.6 Å². The number of nitrogens with one attached hydrogen (secondary N) is 4. The molecular formula is C27H31N9O2S. The molecule has 1 aromatic carbocycles. The molecule has 11 nitrogen and oxygen atoms in total. The van der Waals surface area contributed by atoms with Crippen molar-refractivity contribution in [1.29, 1.82) is 0 Å². The molecule has 4 heterocycles. The van der Waals surface area contributed by atoms with Crippen LogP contribution in [0.25, 0.3) is 16.5 Å². The highest BCUT2D eigenvalue weighted by atomic mass is 32.1. The number of benzene rings is 1. The van der Waals surface area contributed by atoms with Crippen LogP contribution in [0.15, 0.2) is 51.3 Å². The molecule has 2 aliphatic rings. The van der Waals surface area contributed by atoms with Crippen LogP contribution in [0.3, 0.4) is 0 Å². The molecule has 4 aromatic rings. The molecule has 3 aromatic heterocycles. The minimum Gasteiger partial charge on any atom is -0.493 e. The van der Waals surface area contributed by atoms with Crippen molar-refractivity contribution in [3.05, 3.63) is 79.4 Å². The summed E-state index contributed by atoms with van der Waals surface area (Å²) in [6.45, 7) is 4.74. The molecule has 0 radical (unpaired) electrons. The van der Waals surface area contributed by atoms with Gasteiger partial charge in [-0.2, -0.15) is 9.78 Å². The smallest absolute Gasteiger partial charge is 0.326 e. The normalized spacial score (nSPS) is 18.0. The van der Waals surface area contributed by atoms with Gasteiger partial charge in [0.1, 0.15) is 5.69 Å². The van der Waals surface area contributed by atoms with E-state index in [0.717, 1.165) is 24.8 Å². The van der Waals surface area contributed by atoms with E-state index in [-0.39, 0.29) is 17.6 Å². The van der Waals surface area contributed by atoms with E-state index >= 15 is 0 Å². The zero-order chi connectivity index (χ0) is 27.1. The van der Waals surface area contributed by atoms with Gasteiger partial charge in [-0.15, -0.1) is 11.3 Å². The van der Waals surface area contributed by atoms with Gasteiger partial charge in [0.05, 0.1) is 6.20 Å². The number of rotatable bonds is 8. The number of nitrogens with two attached hydrogens (primary N) is 1. The van der Waals surface area contributed by atoms with Crippen molar-refractivity contribution in [3.8, 4) is 16.3 Å². The highest BCUT2D eigenvalue weighted by molar-refractivity contribution is 7.15. The SMILES string of the molecule is CCc1cc(-c2ccccc2CNC2N=C(NC3CC3)n3ncc(=Cc4[nH]c(=O)[nH]c4O)c3=N2)sc1C(C)N. The molecule has 1 aliphatic carbocycles. The number of thiophene rings is 1. The number of aliphatic imine (C=N–C) groups is 1. The van der Waals surface area contributed by atoms with Crippen molar-refractivity contribution in [2.45, 2.75) is 58.0 Å². The zero-order valence-electron chi connectivity index (χ0n) is 21.7. The molecular weight excluding hydrogens is 514 g/mol. The largest absolute Gasteiger partial charge is 0.493 e. The predicted octanol–water partition coefficient (Wildman–Crippen LogP) is 1.41. The molecule has 2 unspecified atom stereocenters. The van der Waals surface area contributed by atoms with E-state index in [1.165, 1.54) is 20.9 Å². The lowest BCUT2D eigenvalue weighted by atomic mass is 10.0. The van der Waals surface area contributed by atoms with Crippen molar-refractivity contribution in [2.75, 3.05) is 0 Å². The zero-order valence-corrected chi connectivity index (χ0v) is 22.5. The summed E-state index contributed by atoms with van der Waals surface area (Å²) in [5.41, 5.74) is 10.2. The van der Waals surface area contributed by atoms with Gasteiger partial charge < -0.3 is 21.1 Å². The average Bonchev–Trinajstić information content (AvgIpc) is 3.33. The Morgan fingerprint density at radius 1 is 1.26 bits per heavy atom. The molecule has 6 rings (SSSR count). The lowest BCUT2D eigenvalue weighted by Crippen LogP contribution is -2.48. The third-order valence-corrected chi connectivity index (χ3v) is 8.21. The van der Waals surface area contributed by atoms with Gasteiger partial charge in [0.2, 0.25) is 11.8 Å². The predicted molar refractivity (Wildman–Crippen MR) is 151 cm³/mol. The van der Waals surface area contributed by atoms with Crippen LogP contribution >= 0.6 is 11.3 Å². The minimum atomic E-state index is -0.552. The first-order valence-electron chi connectivity index (χ1n) is 13.1. The van der Waals surface area contributed by atoms with Gasteiger partial charge in [0.15, 0.2) is 11.8 Å². The van der Waals surface area contributed by atoms with Crippen LogP contribution in [0.1, 0.15) is 54.4 Å². The maximum Gasteiger partial charge on any atom is 0.326 e. The van der Waals surface area contributed by atoms with Gasteiger partial charge >= 0.3 is 5.69 Å². The number of hydrogen-bond donors (Lipinski definition) is 6. The molecule has 202 valence electrons. The summed E-state index contributed by atoms with van der Waals surface area (Å²) >= 11 is 1.75. The Kier molecular flexibility index (Phi) is 6.67. The first-order chi connectivity index (χ1) is 18.9. The molecule has 1 aliphatic heterocycles. The van der Waals surface area contributed by atoms with E-state index in [1.54, 1.807) is 28.3 Å². The fourth-order valence-electron chi connectivity index (χ4n) is 4.66. The quantitative estimate of drug-likeness (QED) is 0.196. The van der Waals surface area contributed by atoms with E-state index in [0.29, 0.717) is 29.3 Å². The number of hydrogen-bond acceptors (Lipinski definition) is 9. The van der Waals surface area contributed by atoms with Gasteiger partial charge in [0.25, 0.3) is 0 Å². The Labute approximate surface area is 228 Å². The van der Waals surface area contributed by atoms with Crippen molar-refractivity contribution in [2.24, 2.45) is 15.7 Å². The number of aryl methyl sites for hydroxylation is 1. The van der Waals surface area contributed by atoms with E-state index in [1.807, 2.05) is 13.0 Å². The summed E-state index contributed by atoms with van der Waals surface area (Å²) in [7, 11) is 0. The fraction of sp³-hybridized carbons (Fsp3) is 0.333. The molecule has 0 spiro atoms. The van der Waals surface area contributed by atoms with Gasteiger partial charge in [-0.05, 0) is 55.0 Å². The summed E-state index contributed by atoms with van der Waals surface area (Å²) in [6.07, 6.45) is 5.84. The van der Waals surface area contributed by atoms with E-state index in [4.69, 9.17) is 15.7 Å². The Balaban J connectivity index is 1.32. The van der Waals surface area contributed by atoms with Crippen LogP contribution in [0.2, 0.25) is 0 Å². The highest BCUT2D eigenvalue weighted by Gasteiger charge is 2.26. The first kappa shape index (κ1) is 25.3. The van der Waals surface area contributed by atoms with Crippen molar-refractivity contribution in [3.63, 3.8) is 0 Å². The number of aromatic hydroxyl groups is 1. The number of imidazole rings is 1. The lowest BCUT2D eigenvalue weighted by Gasteiger charge is -2.19. The monoisotopic (exact) mass is 545 g/mol. The topological polar surface area (TPSA) is 162 Å². The van der Waals surface area contributed by atoms with Crippen LogP contribution in [-0.2, 0) is 13.0 Å². The van der Waals surface area contributed by atoms with Crippen LogP contribution in [0.4, 0.5) is 0 Å². The molecule has 1 saturated carbocycles.